The lowest BCUT2D eigenvalue weighted by Gasteiger charge is -2.23. The lowest BCUT2D eigenvalue weighted by molar-refractivity contribution is -0.0846. The summed E-state index contributed by atoms with van der Waals surface area (Å²) in [6, 6.07) is 3.63. The minimum Gasteiger partial charge on any atom is -0.389 e. The van der Waals surface area contributed by atoms with Crippen LogP contribution in [0.15, 0.2) is 23.1 Å². The number of sulfonamides is 1. The van der Waals surface area contributed by atoms with E-state index in [9.17, 15) is 12.8 Å². The van der Waals surface area contributed by atoms with Crippen LogP contribution in [0.1, 0.15) is 5.56 Å². The molecule has 1 unspecified atom stereocenters. The highest BCUT2D eigenvalue weighted by molar-refractivity contribution is 7.89. The van der Waals surface area contributed by atoms with Crippen molar-refractivity contribution < 1.29 is 22.3 Å². The number of halogens is 1. The third kappa shape index (κ3) is 3.95. The molecular weight excluding hydrogens is 319 g/mol. The quantitative estimate of drug-likeness (QED) is 0.745. The predicted molar refractivity (Wildman–Crippen MR) is 78.0 cm³/mol. The molecule has 1 saturated heterocycles. The van der Waals surface area contributed by atoms with E-state index < -0.39 is 15.8 Å². The van der Waals surface area contributed by atoms with Crippen molar-refractivity contribution in [2.45, 2.75) is 11.0 Å². The third-order valence-corrected chi connectivity index (χ3v) is 4.57. The topological polar surface area (TPSA) is 90.7 Å². The first-order chi connectivity index (χ1) is 9.92. The molecule has 9 heteroatoms. The number of nitrogens with one attached hydrogen (secondary N) is 1. The van der Waals surface area contributed by atoms with Crippen molar-refractivity contribution >= 4 is 27.2 Å². The molecule has 6 nitrogen and oxygen atoms in total. The minimum atomic E-state index is -3.95. The van der Waals surface area contributed by atoms with E-state index in [-0.39, 0.29) is 28.1 Å². The number of ether oxygens (including phenoxy) is 2. The van der Waals surface area contributed by atoms with Gasteiger partial charge in [0.05, 0.1) is 36.4 Å². The minimum absolute atomic E-state index is 0.0234. The van der Waals surface area contributed by atoms with Crippen LogP contribution in [0.5, 0.6) is 0 Å². The number of rotatable bonds is 5. The molecule has 1 aliphatic rings. The fourth-order valence-corrected chi connectivity index (χ4v) is 3.47. The van der Waals surface area contributed by atoms with E-state index >= 15 is 0 Å². The Balaban J connectivity index is 2.19. The summed E-state index contributed by atoms with van der Waals surface area (Å²) in [6.07, 6.45) is -0.379. The molecule has 0 aromatic heterocycles. The smallest absolute Gasteiger partial charge is 0.241 e. The second-order valence-corrected chi connectivity index (χ2v) is 6.57. The van der Waals surface area contributed by atoms with Crippen molar-refractivity contribution in [3.05, 3.63) is 29.6 Å². The van der Waals surface area contributed by atoms with E-state index in [2.05, 4.69) is 4.72 Å². The summed E-state index contributed by atoms with van der Waals surface area (Å²) in [5, 5.41) is 0. The molecule has 1 heterocycles. The van der Waals surface area contributed by atoms with Crippen molar-refractivity contribution in [2.75, 3.05) is 26.4 Å². The molecule has 0 saturated carbocycles. The maximum Gasteiger partial charge on any atom is 0.241 e. The first-order valence-electron chi connectivity index (χ1n) is 6.19. The van der Waals surface area contributed by atoms with Crippen LogP contribution < -0.4 is 10.5 Å². The molecule has 116 valence electrons. The van der Waals surface area contributed by atoms with Gasteiger partial charge in [0.25, 0.3) is 0 Å². The summed E-state index contributed by atoms with van der Waals surface area (Å²) in [5.74, 6) is -0.775. The maximum atomic E-state index is 13.7. The van der Waals surface area contributed by atoms with Gasteiger partial charge in [0.15, 0.2) is 0 Å². The SMILES string of the molecule is NC(=S)c1c(F)cccc1S(=O)(=O)NCC1COCCO1. The van der Waals surface area contributed by atoms with Gasteiger partial charge in [0.1, 0.15) is 10.8 Å². The molecule has 1 aromatic carbocycles. The molecule has 0 aliphatic carbocycles. The molecule has 21 heavy (non-hydrogen) atoms. The van der Waals surface area contributed by atoms with E-state index in [0.717, 1.165) is 6.07 Å². The molecule has 0 spiro atoms. The normalized spacial score (nSPS) is 19.4. The average molecular weight is 334 g/mol. The summed E-state index contributed by atoms with van der Waals surface area (Å²) in [5.41, 5.74) is 5.11. The Morgan fingerprint density at radius 1 is 1.48 bits per heavy atom. The molecule has 0 radical (unpaired) electrons. The second kappa shape index (κ2) is 6.75. The standard InChI is InChI=1S/C12H15FN2O4S2/c13-9-2-1-3-10(11(9)12(14)20)21(16,17)15-6-8-7-18-4-5-19-8/h1-3,8,15H,4-7H2,(H2,14,20). The number of hydrogen-bond donors (Lipinski definition) is 2. The molecule has 1 aliphatic heterocycles. The molecule has 1 aromatic rings. The number of benzene rings is 1. The van der Waals surface area contributed by atoms with E-state index in [1.807, 2.05) is 0 Å². The Hall–Kier alpha value is -1.13. The van der Waals surface area contributed by atoms with Crippen LogP contribution in [-0.4, -0.2) is 45.9 Å². The summed E-state index contributed by atoms with van der Waals surface area (Å²) < 4.78 is 51.1. The third-order valence-electron chi connectivity index (χ3n) is 2.90. The molecule has 3 N–H and O–H groups in total. The van der Waals surface area contributed by atoms with Crippen molar-refractivity contribution in [2.24, 2.45) is 5.73 Å². The lowest BCUT2D eigenvalue weighted by atomic mass is 10.2. The van der Waals surface area contributed by atoms with Crippen molar-refractivity contribution in [3.63, 3.8) is 0 Å². The van der Waals surface area contributed by atoms with Crippen molar-refractivity contribution in [1.82, 2.24) is 4.72 Å². The van der Waals surface area contributed by atoms with Gasteiger partial charge in [-0.1, -0.05) is 18.3 Å². The summed E-state index contributed by atoms with van der Waals surface area (Å²) in [6.45, 7) is 1.21. The zero-order chi connectivity index (χ0) is 15.5. The number of nitrogens with two attached hydrogens (primary N) is 1. The molecule has 0 bridgehead atoms. The first kappa shape index (κ1) is 16.2. The second-order valence-electron chi connectivity index (χ2n) is 4.40. The highest BCUT2D eigenvalue weighted by atomic mass is 32.2. The van der Waals surface area contributed by atoms with Crippen LogP contribution in [0.25, 0.3) is 0 Å². The highest BCUT2D eigenvalue weighted by Gasteiger charge is 2.24. The van der Waals surface area contributed by atoms with E-state index in [0.29, 0.717) is 19.8 Å². The first-order valence-corrected chi connectivity index (χ1v) is 8.08. The molecule has 2 rings (SSSR count). The zero-order valence-corrected chi connectivity index (χ0v) is 12.7. The predicted octanol–water partition coefficient (Wildman–Crippen LogP) is 0.154. The number of hydrogen-bond acceptors (Lipinski definition) is 5. The Kier molecular flexibility index (Phi) is 5.22. The van der Waals surface area contributed by atoms with Gasteiger partial charge in [-0.3, -0.25) is 0 Å². The fourth-order valence-electron chi connectivity index (χ4n) is 1.90. The van der Waals surface area contributed by atoms with Gasteiger partial charge >= 0.3 is 0 Å². The molecule has 1 atom stereocenters. The maximum absolute atomic E-state index is 13.7. The number of thiocarbonyl (C=S) groups is 1. The fraction of sp³-hybridized carbons (Fsp3) is 0.417. The van der Waals surface area contributed by atoms with Crippen LogP contribution in [0, 0.1) is 5.82 Å². The monoisotopic (exact) mass is 334 g/mol. The van der Waals surface area contributed by atoms with Crippen LogP contribution in [-0.2, 0) is 19.5 Å². The Bertz CT molecular complexity index is 630. The van der Waals surface area contributed by atoms with Gasteiger partial charge in [-0.25, -0.2) is 17.5 Å². The Morgan fingerprint density at radius 3 is 2.86 bits per heavy atom. The van der Waals surface area contributed by atoms with Gasteiger partial charge < -0.3 is 15.2 Å². The van der Waals surface area contributed by atoms with Gasteiger partial charge in [-0.2, -0.15) is 0 Å². The largest absolute Gasteiger partial charge is 0.389 e. The van der Waals surface area contributed by atoms with E-state index in [4.69, 9.17) is 27.4 Å². The van der Waals surface area contributed by atoms with Crippen LogP contribution in [0.3, 0.4) is 0 Å². The van der Waals surface area contributed by atoms with Gasteiger partial charge in [0, 0.05) is 6.54 Å². The summed E-state index contributed by atoms with van der Waals surface area (Å²) in [7, 11) is -3.95. The van der Waals surface area contributed by atoms with Crippen LogP contribution in [0.4, 0.5) is 4.39 Å². The van der Waals surface area contributed by atoms with E-state index in [1.165, 1.54) is 12.1 Å². The summed E-state index contributed by atoms with van der Waals surface area (Å²) in [4.78, 5) is -0.600. The zero-order valence-electron chi connectivity index (χ0n) is 11.0. The van der Waals surface area contributed by atoms with Crippen molar-refractivity contribution in [3.8, 4) is 0 Å². The van der Waals surface area contributed by atoms with Gasteiger partial charge in [-0.15, -0.1) is 0 Å². The van der Waals surface area contributed by atoms with Gasteiger partial charge in [-0.05, 0) is 12.1 Å². The average Bonchev–Trinajstić information content (AvgIpc) is 2.46. The van der Waals surface area contributed by atoms with E-state index in [1.54, 1.807) is 0 Å². The summed E-state index contributed by atoms with van der Waals surface area (Å²) >= 11 is 4.72. The molecule has 1 fully saturated rings. The lowest BCUT2D eigenvalue weighted by Crippen LogP contribution is -2.40. The van der Waals surface area contributed by atoms with Crippen LogP contribution >= 0.6 is 12.2 Å². The Morgan fingerprint density at radius 2 is 2.24 bits per heavy atom. The molecular formula is C12H15FN2O4S2. The molecule has 0 amide bonds. The van der Waals surface area contributed by atoms with Crippen molar-refractivity contribution in [1.29, 1.82) is 0 Å². The van der Waals surface area contributed by atoms with Gasteiger partial charge in [0.2, 0.25) is 10.0 Å². The van der Waals surface area contributed by atoms with Crippen LogP contribution in [0.2, 0.25) is 0 Å². The Labute approximate surface area is 127 Å². The highest BCUT2D eigenvalue weighted by Crippen LogP contribution is 2.19.